The van der Waals surface area contributed by atoms with E-state index in [9.17, 15) is 13.2 Å². The molecule has 0 bridgehead atoms. The van der Waals surface area contributed by atoms with E-state index in [2.05, 4.69) is 24.7 Å². The first kappa shape index (κ1) is 24.6. The molecule has 0 aliphatic carbocycles. The average Bonchev–Trinajstić information content (AvgIpc) is 3.18. The molecule has 1 amide bonds. The van der Waals surface area contributed by atoms with Gasteiger partial charge in [0.2, 0.25) is 10.0 Å². The van der Waals surface area contributed by atoms with Gasteiger partial charge in [-0.3, -0.25) is 4.79 Å². The lowest BCUT2D eigenvalue weighted by atomic mass is 10.2. The largest absolute Gasteiger partial charge is 0.486 e. The number of carbonyl (C=O) groups is 1. The van der Waals surface area contributed by atoms with Crippen LogP contribution in [0.4, 0.5) is 0 Å². The van der Waals surface area contributed by atoms with Crippen LogP contribution < -0.4 is 14.3 Å². The van der Waals surface area contributed by atoms with Crippen LogP contribution in [0.25, 0.3) is 10.2 Å². The highest BCUT2D eigenvalue weighted by Crippen LogP contribution is 2.35. The maximum absolute atomic E-state index is 13.0. The number of thiazole rings is 1. The standard InChI is InChI=1S/C25H25N3O5S2/c1-4-11-27(12-5-2)35(30,31)19-9-7-18(8-10-19)24(29)26-25-28(13-6-3)20-16-21-22(17-23(20)34-25)33-15-14-32-21/h4-10,16-17H,1-3,11-15H2. The van der Waals surface area contributed by atoms with Gasteiger partial charge in [-0.25, -0.2) is 8.42 Å². The van der Waals surface area contributed by atoms with Crippen molar-refractivity contribution in [2.45, 2.75) is 11.4 Å². The minimum atomic E-state index is -3.75. The second-order valence-corrected chi connectivity index (χ2v) is 10.5. The van der Waals surface area contributed by atoms with Gasteiger partial charge in [0, 0.05) is 37.3 Å². The summed E-state index contributed by atoms with van der Waals surface area (Å²) >= 11 is 1.35. The normalized spacial score (nSPS) is 13.7. The number of hydrogen-bond donors (Lipinski definition) is 0. The molecule has 0 N–H and O–H groups in total. The van der Waals surface area contributed by atoms with Crippen molar-refractivity contribution in [3.05, 3.63) is 84.7 Å². The highest BCUT2D eigenvalue weighted by atomic mass is 32.2. The fraction of sp³-hybridized carbons (Fsp3) is 0.200. The number of allylic oxidation sites excluding steroid dienone is 1. The Morgan fingerprint density at radius 1 is 1.03 bits per heavy atom. The predicted octanol–water partition coefficient (Wildman–Crippen LogP) is 3.76. The second kappa shape index (κ2) is 10.4. The van der Waals surface area contributed by atoms with Crippen molar-refractivity contribution in [1.82, 2.24) is 8.87 Å². The fourth-order valence-electron chi connectivity index (χ4n) is 3.63. The quantitative estimate of drug-likeness (QED) is 0.408. The summed E-state index contributed by atoms with van der Waals surface area (Å²) < 4.78 is 41.2. The number of fused-ring (bicyclic) bond motifs is 2. The van der Waals surface area contributed by atoms with Crippen LogP contribution in [0, 0.1) is 0 Å². The summed E-state index contributed by atoms with van der Waals surface area (Å²) in [5, 5.41) is 0. The monoisotopic (exact) mass is 511 g/mol. The Labute approximate surface area is 207 Å². The van der Waals surface area contributed by atoms with Crippen LogP contribution >= 0.6 is 11.3 Å². The number of amides is 1. The molecule has 1 aliphatic rings. The third-order valence-electron chi connectivity index (χ3n) is 5.26. The van der Waals surface area contributed by atoms with Gasteiger partial charge in [0.25, 0.3) is 5.91 Å². The number of carbonyl (C=O) groups excluding carboxylic acids is 1. The van der Waals surface area contributed by atoms with Crippen LogP contribution in [0.2, 0.25) is 0 Å². The van der Waals surface area contributed by atoms with Crippen LogP contribution in [-0.4, -0.2) is 49.5 Å². The highest BCUT2D eigenvalue weighted by molar-refractivity contribution is 7.89. The first-order chi connectivity index (χ1) is 16.9. The van der Waals surface area contributed by atoms with Crippen LogP contribution in [0.15, 0.2) is 84.3 Å². The van der Waals surface area contributed by atoms with Crippen molar-refractivity contribution in [2.75, 3.05) is 26.3 Å². The number of rotatable bonds is 9. The van der Waals surface area contributed by atoms with Crippen molar-refractivity contribution in [3.8, 4) is 11.5 Å². The van der Waals surface area contributed by atoms with E-state index >= 15 is 0 Å². The highest BCUT2D eigenvalue weighted by Gasteiger charge is 2.23. The van der Waals surface area contributed by atoms with Gasteiger partial charge in [-0.2, -0.15) is 9.30 Å². The van der Waals surface area contributed by atoms with E-state index in [4.69, 9.17) is 9.47 Å². The van der Waals surface area contributed by atoms with Gasteiger partial charge < -0.3 is 14.0 Å². The summed E-state index contributed by atoms with van der Waals surface area (Å²) in [7, 11) is -3.75. The third-order valence-corrected chi connectivity index (χ3v) is 8.15. The van der Waals surface area contributed by atoms with Crippen molar-refractivity contribution >= 4 is 37.5 Å². The Morgan fingerprint density at radius 2 is 1.66 bits per heavy atom. The smallest absolute Gasteiger partial charge is 0.279 e. The molecule has 0 radical (unpaired) electrons. The third kappa shape index (κ3) is 5.00. The summed E-state index contributed by atoms with van der Waals surface area (Å²) in [6, 6.07) is 9.50. The van der Waals surface area contributed by atoms with Gasteiger partial charge in [-0.05, 0) is 24.3 Å². The molecule has 2 aromatic carbocycles. The summed E-state index contributed by atoms with van der Waals surface area (Å²) in [6.45, 7) is 12.7. The summed E-state index contributed by atoms with van der Waals surface area (Å²) in [4.78, 5) is 17.9. The molecule has 35 heavy (non-hydrogen) atoms. The fourth-order valence-corrected chi connectivity index (χ4v) is 6.06. The SMILES string of the molecule is C=CCN(CC=C)S(=O)(=O)c1ccc(C(=O)N=c2sc3cc4c(cc3n2CC=C)OCCO4)cc1. The van der Waals surface area contributed by atoms with Gasteiger partial charge in [0.1, 0.15) is 13.2 Å². The zero-order valence-electron chi connectivity index (χ0n) is 19.1. The first-order valence-electron chi connectivity index (χ1n) is 10.8. The van der Waals surface area contributed by atoms with Gasteiger partial charge >= 0.3 is 0 Å². The molecule has 1 aromatic heterocycles. The molecule has 0 unspecified atom stereocenters. The number of nitrogens with zero attached hydrogens (tertiary/aromatic N) is 3. The molecule has 0 atom stereocenters. The first-order valence-corrected chi connectivity index (χ1v) is 13.1. The molecule has 0 saturated heterocycles. The van der Waals surface area contributed by atoms with Crippen LogP contribution in [-0.2, 0) is 16.6 Å². The molecule has 8 nitrogen and oxygen atoms in total. The molecule has 10 heteroatoms. The van der Waals surface area contributed by atoms with Gasteiger partial charge in [-0.15, -0.1) is 19.7 Å². The Bertz CT molecular complexity index is 1460. The molecule has 3 aromatic rings. The average molecular weight is 512 g/mol. The van der Waals surface area contributed by atoms with Crippen molar-refractivity contribution < 1.29 is 22.7 Å². The van der Waals surface area contributed by atoms with E-state index in [0.29, 0.717) is 36.1 Å². The van der Waals surface area contributed by atoms with Crippen molar-refractivity contribution in [2.24, 2.45) is 4.99 Å². The van der Waals surface area contributed by atoms with E-state index in [-0.39, 0.29) is 23.5 Å². The van der Waals surface area contributed by atoms with Crippen molar-refractivity contribution in [1.29, 1.82) is 0 Å². The Morgan fingerprint density at radius 3 is 2.26 bits per heavy atom. The minimum absolute atomic E-state index is 0.0758. The van der Waals surface area contributed by atoms with Crippen molar-refractivity contribution in [3.63, 3.8) is 0 Å². The molecule has 0 spiro atoms. The lowest BCUT2D eigenvalue weighted by Gasteiger charge is -2.19. The zero-order valence-corrected chi connectivity index (χ0v) is 20.7. The maximum atomic E-state index is 13.0. The van der Waals surface area contributed by atoms with Gasteiger partial charge in [-0.1, -0.05) is 29.6 Å². The van der Waals surface area contributed by atoms with Crippen LogP contribution in [0.3, 0.4) is 0 Å². The van der Waals surface area contributed by atoms with E-state index < -0.39 is 15.9 Å². The minimum Gasteiger partial charge on any atom is -0.486 e. The maximum Gasteiger partial charge on any atom is 0.279 e. The van der Waals surface area contributed by atoms with E-state index in [1.807, 2.05) is 16.7 Å². The Balaban J connectivity index is 1.69. The summed E-state index contributed by atoms with van der Waals surface area (Å²) in [5.41, 5.74) is 1.13. The molecule has 0 fully saturated rings. The molecule has 4 rings (SSSR count). The molecular weight excluding hydrogens is 486 g/mol. The number of benzene rings is 2. The summed E-state index contributed by atoms with van der Waals surface area (Å²) in [6.07, 6.45) is 4.75. The predicted molar refractivity (Wildman–Crippen MR) is 136 cm³/mol. The van der Waals surface area contributed by atoms with Crippen LogP contribution in [0.1, 0.15) is 10.4 Å². The molecular formula is C25H25N3O5S2. The zero-order chi connectivity index (χ0) is 25.0. The number of ether oxygens (including phenoxy) is 2. The van der Waals surface area contributed by atoms with Gasteiger partial charge in [0.05, 0.1) is 15.1 Å². The van der Waals surface area contributed by atoms with E-state index in [0.717, 1.165) is 10.2 Å². The molecule has 182 valence electrons. The lowest BCUT2D eigenvalue weighted by Crippen LogP contribution is -2.31. The second-order valence-electron chi connectivity index (χ2n) is 7.59. The molecule has 0 saturated carbocycles. The lowest BCUT2D eigenvalue weighted by molar-refractivity contribution is 0.0997. The molecule has 1 aliphatic heterocycles. The number of hydrogen-bond acceptors (Lipinski definition) is 6. The summed E-state index contributed by atoms with van der Waals surface area (Å²) in [5.74, 6) is 0.827. The Hall–Kier alpha value is -3.47. The Kier molecular flexibility index (Phi) is 7.34. The van der Waals surface area contributed by atoms with Gasteiger partial charge in [0.15, 0.2) is 16.3 Å². The number of aromatic nitrogens is 1. The topological polar surface area (TPSA) is 90.2 Å². The number of sulfonamides is 1. The molecule has 2 heterocycles. The van der Waals surface area contributed by atoms with E-state index in [1.54, 1.807) is 6.08 Å². The van der Waals surface area contributed by atoms with Crippen LogP contribution in [0.5, 0.6) is 11.5 Å². The van der Waals surface area contributed by atoms with E-state index in [1.165, 1.54) is 52.1 Å².